The van der Waals surface area contributed by atoms with Crippen LogP contribution >= 0.6 is 11.3 Å². The van der Waals surface area contributed by atoms with Crippen LogP contribution in [0.15, 0.2) is 0 Å². The second-order valence-corrected chi connectivity index (χ2v) is 6.34. The van der Waals surface area contributed by atoms with Gasteiger partial charge in [-0.1, -0.05) is 0 Å². The van der Waals surface area contributed by atoms with Gasteiger partial charge in [0.15, 0.2) is 5.13 Å². The molecule has 4 nitrogen and oxygen atoms in total. The van der Waals surface area contributed by atoms with Crippen molar-refractivity contribution in [2.45, 2.75) is 45.9 Å². The van der Waals surface area contributed by atoms with Gasteiger partial charge >= 0.3 is 0 Å². The molecule has 1 fully saturated rings. The van der Waals surface area contributed by atoms with Gasteiger partial charge in [0, 0.05) is 24.5 Å². The summed E-state index contributed by atoms with van der Waals surface area (Å²) in [4.78, 5) is 8.10. The lowest BCUT2D eigenvalue weighted by Gasteiger charge is -2.41. The first kappa shape index (κ1) is 12.8. The zero-order valence-corrected chi connectivity index (χ0v) is 11.8. The van der Waals surface area contributed by atoms with Gasteiger partial charge in [-0.2, -0.15) is 0 Å². The van der Waals surface area contributed by atoms with Crippen molar-refractivity contribution in [1.29, 1.82) is 0 Å². The van der Waals surface area contributed by atoms with Crippen LogP contribution in [0.3, 0.4) is 0 Å². The Hall–Kier alpha value is -0.650. The van der Waals surface area contributed by atoms with E-state index in [2.05, 4.69) is 30.7 Å². The van der Waals surface area contributed by atoms with E-state index in [-0.39, 0.29) is 11.7 Å². The Labute approximate surface area is 107 Å². The van der Waals surface area contributed by atoms with Crippen LogP contribution in [0, 0.1) is 6.92 Å². The molecule has 1 aliphatic rings. The third-order valence-electron chi connectivity index (χ3n) is 2.91. The molecule has 2 N–H and O–H groups in total. The fourth-order valence-corrected chi connectivity index (χ4v) is 3.28. The number of rotatable bonds is 2. The van der Waals surface area contributed by atoms with E-state index in [0.29, 0.717) is 6.54 Å². The van der Waals surface area contributed by atoms with Gasteiger partial charge in [0.25, 0.3) is 0 Å². The normalized spacial score (nSPS) is 24.1. The third-order valence-corrected chi connectivity index (χ3v) is 4.15. The zero-order valence-electron chi connectivity index (χ0n) is 11.0. The Morgan fingerprint density at radius 1 is 1.59 bits per heavy atom. The van der Waals surface area contributed by atoms with E-state index in [1.54, 1.807) is 11.3 Å². The molecule has 17 heavy (non-hydrogen) atoms. The van der Waals surface area contributed by atoms with E-state index in [1.165, 1.54) is 4.88 Å². The number of morpholine rings is 1. The number of nitrogens with two attached hydrogens (primary N) is 1. The number of ether oxygens (including phenoxy) is 1. The monoisotopic (exact) mass is 255 g/mol. The molecule has 2 rings (SSSR count). The van der Waals surface area contributed by atoms with Crippen LogP contribution in [0.2, 0.25) is 0 Å². The maximum absolute atomic E-state index is 5.90. The molecule has 5 heteroatoms. The highest BCUT2D eigenvalue weighted by atomic mass is 32.1. The lowest BCUT2D eigenvalue weighted by atomic mass is 10.1. The highest BCUT2D eigenvalue weighted by Gasteiger charge is 2.32. The molecule has 0 spiro atoms. The lowest BCUT2D eigenvalue weighted by Crippen LogP contribution is -2.52. The van der Waals surface area contributed by atoms with Crippen molar-refractivity contribution >= 4 is 16.5 Å². The summed E-state index contributed by atoms with van der Waals surface area (Å²) in [5.41, 5.74) is 6.65. The minimum Gasteiger partial charge on any atom is -0.369 e. The van der Waals surface area contributed by atoms with Crippen molar-refractivity contribution in [3.63, 3.8) is 0 Å². The van der Waals surface area contributed by atoms with Crippen LogP contribution < -0.4 is 10.6 Å². The minimum absolute atomic E-state index is 0.111. The molecule has 0 aromatic carbocycles. The number of aromatic nitrogens is 1. The third kappa shape index (κ3) is 2.78. The quantitative estimate of drug-likeness (QED) is 0.877. The first-order chi connectivity index (χ1) is 7.91. The summed E-state index contributed by atoms with van der Waals surface area (Å²) in [5, 5.41) is 1.08. The molecule has 1 aromatic rings. The first-order valence-corrected chi connectivity index (χ1v) is 6.82. The molecule has 0 aliphatic carbocycles. The van der Waals surface area contributed by atoms with Gasteiger partial charge in [0.2, 0.25) is 0 Å². The Kier molecular flexibility index (Phi) is 3.43. The average Bonchev–Trinajstić information content (AvgIpc) is 2.56. The van der Waals surface area contributed by atoms with E-state index >= 15 is 0 Å². The highest BCUT2D eigenvalue weighted by Crippen LogP contribution is 2.30. The maximum Gasteiger partial charge on any atom is 0.186 e. The van der Waals surface area contributed by atoms with Gasteiger partial charge < -0.3 is 15.4 Å². The number of anilines is 1. The second kappa shape index (κ2) is 4.55. The molecule has 0 radical (unpaired) electrons. The summed E-state index contributed by atoms with van der Waals surface area (Å²) in [6.07, 6.45) is 0.240. The average molecular weight is 255 g/mol. The Morgan fingerprint density at radius 2 is 2.29 bits per heavy atom. The van der Waals surface area contributed by atoms with E-state index < -0.39 is 0 Å². The smallest absolute Gasteiger partial charge is 0.186 e. The molecule has 0 saturated carbocycles. The van der Waals surface area contributed by atoms with Gasteiger partial charge in [-0.3, -0.25) is 0 Å². The molecule has 96 valence electrons. The molecule has 0 amide bonds. The molecule has 1 aromatic heterocycles. The van der Waals surface area contributed by atoms with Crippen molar-refractivity contribution in [1.82, 2.24) is 4.98 Å². The summed E-state index contributed by atoms with van der Waals surface area (Å²) in [6, 6.07) is 0. The van der Waals surface area contributed by atoms with Crippen molar-refractivity contribution < 1.29 is 4.74 Å². The summed E-state index contributed by atoms with van der Waals surface area (Å²) in [6.45, 7) is 10.7. The standard InChI is InChI=1S/C12H21N3OS/c1-8-6-15(7-12(3,4)16-8)11-14-9(2)10(5-13)17-11/h8H,5-7,13H2,1-4H3. The van der Waals surface area contributed by atoms with Crippen LogP contribution in [0.25, 0.3) is 0 Å². The SMILES string of the molecule is Cc1nc(N2CC(C)OC(C)(C)C2)sc1CN. The molecule has 0 bridgehead atoms. The molecule has 1 aliphatic heterocycles. The van der Waals surface area contributed by atoms with Crippen LogP contribution in [0.5, 0.6) is 0 Å². The Bertz CT molecular complexity index is 402. The number of nitrogens with zero attached hydrogens (tertiary/aromatic N) is 2. The van der Waals surface area contributed by atoms with E-state index in [9.17, 15) is 0 Å². The van der Waals surface area contributed by atoms with E-state index in [4.69, 9.17) is 10.5 Å². The molecule has 2 heterocycles. The Balaban J connectivity index is 2.21. The summed E-state index contributed by atoms with van der Waals surface area (Å²) < 4.78 is 5.90. The predicted octanol–water partition coefficient (Wildman–Crippen LogP) is 1.91. The number of hydrogen-bond donors (Lipinski definition) is 1. The number of hydrogen-bond acceptors (Lipinski definition) is 5. The lowest BCUT2D eigenvalue weighted by molar-refractivity contribution is -0.0749. The highest BCUT2D eigenvalue weighted by molar-refractivity contribution is 7.15. The first-order valence-electron chi connectivity index (χ1n) is 6.00. The van der Waals surface area contributed by atoms with Gasteiger partial charge in [-0.15, -0.1) is 11.3 Å². The largest absolute Gasteiger partial charge is 0.369 e. The number of thiazole rings is 1. The van der Waals surface area contributed by atoms with Gasteiger partial charge in [-0.05, 0) is 27.7 Å². The topological polar surface area (TPSA) is 51.4 Å². The predicted molar refractivity (Wildman–Crippen MR) is 71.6 cm³/mol. The molecule has 1 atom stereocenters. The molecular formula is C12H21N3OS. The van der Waals surface area contributed by atoms with Crippen molar-refractivity contribution in [2.24, 2.45) is 5.73 Å². The summed E-state index contributed by atoms with van der Waals surface area (Å²) >= 11 is 1.70. The molecule has 1 saturated heterocycles. The van der Waals surface area contributed by atoms with Crippen molar-refractivity contribution in [2.75, 3.05) is 18.0 Å². The van der Waals surface area contributed by atoms with Crippen LogP contribution in [-0.4, -0.2) is 29.8 Å². The van der Waals surface area contributed by atoms with E-state index in [1.807, 2.05) is 6.92 Å². The van der Waals surface area contributed by atoms with Crippen molar-refractivity contribution in [3.05, 3.63) is 10.6 Å². The zero-order chi connectivity index (χ0) is 12.6. The van der Waals surface area contributed by atoms with Crippen LogP contribution in [0.4, 0.5) is 5.13 Å². The van der Waals surface area contributed by atoms with Gasteiger partial charge in [0.1, 0.15) is 0 Å². The van der Waals surface area contributed by atoms with E-state index in [0.717, 1.165) is 23.9 Å². The maximum atomic E-state index is 5.90. The van der Waals surface area contributed by atoms with Crippen LogP contribution in [0.1, 0.15) is 31.3 Å². The molecule has 1 unspecified atom stereocenters. The fraction of sp³-hybridized carbons (Fsp3) is 0.750. The summed E-state index contributed by atoms with van der Waals surface area (Å²) in [7, 11) is 0. The second-order valence-electron chi connectivity index (χ2n) is 5.28. The minimum atomic E-state index is -0.111. The van der Waals surface area contributed by atoms with Crippen LogP contribution in [-0.2, 0) is 11.3 Å². The molecular weight excluding hydrogens is 234 g/mol. The fourth-order valence-electron chi connectivity index (χ4n) is 2.34. The van der Waals surface area contributed by atoms with Gasteiger partial charge in [0.05, 0.1) is 17.4 Å². The Morgan fingerprint density at radius 3 is 2.82 bits per heavy atom. The van der Waals surface area contributed by atoms with Crippen molar-refractivity contribution in [3.8, 4) is 0 Å². The summed E-state index contributed by atoms with van der Waals surface area (Å²) in [5.74, 6) is 0. The number of aryl methyl sites for hydroxylation is 1. The van der Waals surface area contributed by atoms with Gasteiger partial charge in [-0.25, -0.2) is 4.98 Å².